The van der Waals surface area contributed by atoms with Crippen molar-refractivity contribution in [3.05, 3.63) is 52.4 Å². The van der Waals surface area contributed by atoms with Crippen LogP contribution < -0.4 is 5.32 Å². The molecule has 0 unspecified atom stereocenters. The van der Waals surface area contributed by atoms with Crippen molar-refractivity contribution in [3.8, 4) is 0 Å². The number of hydrogen-bond acceptors (Lipinski definition) is 2. The zero-order valence-electron chi connectivity index (χ0n) is 13.8. The maximum Gasteiger partial charge on any atom is 0.272 e. The first-order valence-corrected chi connectivity index (χ1v) is 8.93. The summed E-state index contributed by atoms with van der Waals surface area (Å²) in [6.45, 7) is 5.59. The lowest BCUT2D eigenvalue weighted by Gasteiger charge is -2.07. The Labute approximate surface area is 149 Å². The molecule has 0 bridgehead atoms. The number of fused-ring (bicyclic) bond motifs is 1. The molecule has 1 aromatic carbocycles. The van der Waals surface area contributed by atoms with Crippen molar-refractivity contribution in [3.63, 3.8) is 0 Å². The van der Waals surface area contributed by atoms with Gasteiger partial charge in [0, 0.05) is 24.8 Å². The van der Waals surface area contributed by atoms with E-state index in [9.17, 15) is 4.79 Å². The molecule has 0 aliphatic carbocycles. The number of hydrogen-bond donors (Lipinski definition) is 2. The third-order valence-electron chi connectivity index (χ3n) is 4.07. The number of aryl methyl sites for hydroxylation is 1. The number of aromatic amines is 1. The Hall–Kier alpha value is -2.08. The van der Waals surface area contributed by atoms with Crippen molar-refractivity contribution in [2.24, 2.45) is 0 Å². The average molecular weight is 389 g/mol. The van der Waals surface area contributed by atoms with Crippen LogP contribution in [0.4, 0.5) is 0 Å². The summed E-state index contributed by atoms with van der Waals surface area (Å²) >= 11 is 3.46. The zero-order valence-corrected chi connectivity index (χ0v) is 15.4. The molecule has 2 N–H and O–H groups in total. The van der Waals surface area contributed by atoms with Crippen LogP contribution >= 0.6 is 15.9 Å². The molecule has 0 aliphatic heterocycles. The Balaban J connectivity index is 1.54. The summed E-state index contributed by atoms with van der Waals surface area (Å²) in [6, 6.07) is 10.4. The monoisotopic (exact) mass is 388 g/mol. The second kappa shape index (κ2) is 7.21. The van der Waals surface area contributed by atoms with E-state index in [1.807, 2.05) is 12.1 Å². The molecule has 0 spiro atoms. The van der Waals surface area contributed by atoms with Crippen LogP contribution in [0.5, 0.6) is 0 Å². The third-order valence-corrected chi connectivity index (χ3v) is 4.87. The van der Waals surface area contributed by atoms with E-state index in [1.54, 1.807) is 0 Å². The Morgan fingerprint density at radius 2 is 2.12 bits per heavy atom. The van der Waals surface area contributed by atoms with Crippen LogP contribution in [0.2, 0.25) is 0 Å². The minimum absolute atomic E-state index is 0.151. The second-order valence-electron chi connectivity index (χ2n) is 6.13. The molecule has 0 saturated carbocycles. The molecular weight excluding hydrogens is 368 g/mol. The summed E-state index contributed by atoms with van der Waals surface area (Å²) in [5.41, 5.74) is 2.59. The van der Waals surface area contributed by atoms with Gasteiger partial charge in [0.2, 0.25) is 0 Å². The molecule has 6 heteroatoms. The lowest BCUT2D eigenvalue weighted by atomic mass is 10.1. The summed E-state index contributed by atoms with van der Waals surface area (Å²) in [4.78, 5) is 12.2. The minimum atomic E-state index is -0.151. The van der Waals surface area contributed by atoms with E-state index in [4.69, 9.17) is 0 Å². The molecule has 3 aromatic rings. The highest BCUT2D eigenvalue weighted by Crippen LogP contribution is 2.25. The Morgan fingerprint density at radius 3 is 2.88 bits per heavy atom. The Bertz CT molecular complexity index is 850. The fourth-order valence-corrected chi connectivity index (χ4v) is 3.56. The number of benzene rings is 1. The number of H-pyrrole nitrogens is 1. The maximum absolute atomic E-state index is 12.2. The number of nitrogens with one attached hydrogen (secondary N) is 2. The molecule has 2 aromatic heterocycles. The topological polar surface area (TPSA) is 62.7 Å². The first-order chi connectivity index (χ1) is 11.6. The van der Waals surface area contributed by atoms with Crippen molar-refractivity contribution in [2.75, 3.05) is 6.54 Å². The van der Waals surface area contributed by atoms with E-state index < -0.39 is 0 Å². The summed E-state index contributed by atoms with van der Waals surface area (Å²) in [7, 11) is 0. The van der Waals surface area contributed by atoms with Crippen molar-refractivity contribution in [1.82, 2.24) is 20.1 Å². The summed E-state index contributed by atoms with van der Waals surface area (Å²) in [6.07, 6.45) is 2.95. The summed E-state index contributed by atoms with van der Waals surface area (Å²) < 4.78 is 2.97. The van der Waals surface area contributed by atoms with Gasteiger partial charge in [0.25, 0.3) is 5.91 Å². The number of halogens is 1. The number of rotatable bonds is 6. The maximum atomic E-state index is 12.2. The van der Waals surface area contributed by atoms with Gasteiger partial charge in [-0.2, -0.15) is 5.10 Å². The van der Waals surface area contributed by atoms with Crippen LogP contribution in [0.25, 0.3) is 10.9 Å². The van der Waals surface area contributed by atoms with Crippen molar-refractivity contribution >= 4 is 32.7 Å². The van der Waals surface area contributed by atoms with E-state index >= 15 is 0 Å². The van der Waals surface area contributed by atoms with Gasteiger partial charge >= 0.3 is 0 Å². The number of carbonyl (C=O) groups is 1. The van der Waals surface area contributed by atoms with Gasteiger partial charge in [0.05, 0.1) is 10.2 Å². The predicted molar refractivity (Wildman–Crippen MR) is 99.3 cm³/mol. The molecule has 3 rings (SSSR count). The van der Waals surface area contributed by atoms with Crippen LogP contribution in [0.3, 0.4) is 0 Å². The van der Waals surface area contributed by atoms with Crippen LogP contribution in [0.15, 0.2) is 41.0 Å². The number of nitrogens with zero attached hydrogens (tertiary/aromatic N) is 2. The van der Waals surface area contributed by atoms with E-state index in [0.717, 1.165) is 23.1 Å². The molecule has 2 heterocycles. The highest BCUT2D eigenvalue weighted by molar-refractivity contribution is 9.10. The zero-order chi connectivity index (χ0) is 17.1. The molecule has 0 atom stereocenters. The van der Waals surface area contributed by atoms with Gasteiger partial charge in [-0.25, -0.2) is 0 Å². The van der Waals surface area contributed by atoms with Crippen LogP contribution in [0.1, 0.15) is 42.4 Å². The summed E-state index contributed by atoms with van der Waals surface area (Å²) in [5.74, 6) is 0.137. The molecule has 5 nitrogen and oxygen atoms in total. The number of amides is 1. The van der Waals surface area contributed by atoms with Crippen molar-refractivity contribution in [1.29, 1.82) is 0 Å². The number of para-hydroxylation sites is 1. The molecule has 0 radical (unpaired) electrons. The predicted octanol–water partition coefficient (Wildman–Crippen LogP) is 4.07. The normalized spacial score (nSPS) is 11.3. The van der Waals surface area contributed by atoms with Gasteiger partial charge < -0.3 is 9.88 Å². The molecule has 1 amide bonds. The summed E-state index contributed by atoms with van der Waals surface area (Å²) in [5, 5.41) is 11.2. The van der Waals surface area contributed by atoms with E-state index in [-0.39, 0.29) is 11.8 Å². The molecule has 0 aliphatic rings. The third kappa shape index (κ3) is 3.38. The van der Waals surface area contributed by atoms with Crippen LogP contribution in [0, 0.1) is 0 Å². The fraction of sp³-hybridized carbons (Fsp3) is 0.333. The Kier molecular flexibility index (Phi) is 5.04. The van der Waals surface area contributed by atoms with Gasteiger partial charge in [-0.1, -0.05) is 32.0 Å². The van der Waals surface area contributed by atoms with Crippen LogP contribution in [-0.2, 0) is 6.54 Å². The quantitative estimate of drug-likeness (QED) is 0.625. The highest BCUT2D eigenvalue weighted by Gasteiger charge is 2.18. The van der Waals surface area contributed by atoms with Gasteiger partial charge in [-0.05, 0) is 45.8 Å². The molecular formula is C18H21BrN4O. The highest BCUT2D eigenvalue weighted by atomic mass is 79.9. The first-order valence-electron chi connectivity index (χ1n) is 8.13. The van der Waals surface area contributed by atoms with Gasteiger partial charge in [0.15, 0.2) is 5.69 Å². The van der Waals surface area contributed by atoms with E-state index in [0.29, 0.717) is 12.2 Å². The second-order valence-corrected chi connectivity index (χ2v) is 6.92. The SMILES string of the molecule is CC(C)c1[nH]nc(C(=O)NCCCn2ccc3ccccc32)c1Br. The van der Waals surface area contributed by atoms with Gasteiger partial charge in [0.1, 0.15) is 0 Å². The van der Waals surface area contributed by atoms with Crippen molar-refractivity contribution < 1.29 is 4.79 Å². The van der Waals surface area contributed by atoms with E-state index in [1.165, 1.54) is 10.9 Å². The lowest BCUT2D eigenvalue weighted by molar-refractivity contribution is 0.0947. The van der Waals surface area contributed by atoms with Crippen molar-refractivity contribution in [2.45, 2.75) is 32.7 Å². The van der Waals surface area contributed by atoms with E-state index in [2.05, 4.69) is 74.3 Å². The lowest BCUT2D eigenvalue weighted by Crippen LogP contribution is -2.26. The first kappa shape index (κ1) is 16.8. The minimum Gasteiger partial charge on any atom is -0.351 e. The molecule has 126 valence electrons. The Morgan fingerprint density at radius 1 is 1.33 bits per heavy atom. The molecule has 24 heavy (non-hydrogen) atoms. The van der Waals surface area contributed by atoms with Gasteiger partial charge in [-0.15, -0.1) is 0 Å². The average Bonchev–Trinajstić information content (AvgIpc) is 3.15. The number of carbonyl (C=O) groups excluding carboxylic acids is 1. The molecule has 0 fully saturated rings. The molecule has 0 saturated heterocycles. The fourth-order valence-electron chi connectivity index (χ4n) is 2.75. The van der Waals surface area contributed by atoms with Gasteiger partial charge in [-0.3, -0.25) is 9.89 Å². The largest absolute Gasteiger partial charge is 0.351 e. The smallest absolute Gasteiger partial charge is 0.272 e. The standard InChI is InChI=1S/C18H21BrN4O/c1-12(2)16-15(19)17(22-21-16)18(24)20-9-5-10-23-11-8-13-6-3-4-7-14(13)23/h3-4,6-8,11-12H,5,9-10H2,1-2H3,(H,20,24)(H,21,22). The number of aromatic nitrogens is 3. The van der Waals surface area contributed by atoms with Crippen LogP contribution in [-0.4, -0.2) is 27.2 Å².